The Morgan fingerprint density at radius 2 is 2.16 bits per heavy atom. The summed E-state index contributed by atoms with van der Waals surface area (Å²) in [5.74, 6) is -1.04. The normalized spacial score (nSPS) is 14.8. The second kappa shape index (κ2) is 3.78. The van der Waals surface area contributed by atoms with Gasteiger partial charge in [-0.05, 0) is 24.3 Å². The topological polar surface area (TPSA) is 105 Å². The van der Waals surface area contributed by atoms with Crippen LogP contribution in [0.3, 0.4) is 0 Å². The summed E-state index contributed by atoms with van der Waals surface area (Å²) in [5.41, 5.74) is -0.375. The van der Waals surface area contributed by atoms with Crippen LogP contribution >= 0.6 is 0 Å². The van der Waals surface area contributed by atoms with E-state index in [0.29, 0.717) is 5.56 Å². The molecule has 1 saturated carbocycles. The second-order valence-electron chi connectivity index (χ2n) is 4.68. The van der Waals surface area contributed by atoms with Crippen LogP contribution in [-0.4, -0.2) is 25.6 Å². The maximum atomic E-state index is 12.0. The summed E-state index contributed by atoms with van der Waals surface area (Å²) in [6.07, 6.45) is 2.92. The molecule has 0 amide bonds. The van der Waals surface area contributed by atoms with Crippen molar-refractivity contribution in [3.63, 3.8) is 0 Å². The Morgan fingerprint density at radius 3 is 2.74 bits per heavy atom. The first-order valence-corrected chi connectivity index (χ1v) is 5.86. The molecule has 7 nitrogen and oxygen atoms in total. The molecule has 0 aromatic carbocycles. The average Bonchev–Trinajstić information content (AvgIpc) is 3.18. The number of carbonyl (C=O) groups is 1. The molecule has 0 spiro atoms. The van der Waals surface area contributed by atoms with Crippen LogP contribution in [-0.2, 0) is 7.05 Å². The molecule has 3 rings (SSSR count). The molecule has 2 aromatic rings. The summed E-state index contributed by atoms with van der Waals surface area (Å²) in [5, 5.41) is 9.41. The number of fused-ring (bicyclic) bond motifs is 1. The number of carboxylic acid groups (broad SMARTS) is 1. The highest BCUT2D eigenvalue weighted by Gasteiger charge is 2.32. The molecule has 1 fully saturated rings. The monoisotopic (exact) mass is 261 g/mol. The number of hydrogen-bond donors (Lipinski definition) is 2. The van der Waals surface area contributed by atoms with E-state index in [1.165, 1.54) is 17.8 Å². The molecule has 2 heterocycles. The third-order valence-corrected chi connectivity index (χ3v) is 3.38. The predicted molar refractivity (Wildman–Crippen MR) is 66.5 cm³/mol. The number of aromatic nitrogens is 3. The number of pyridine rings is 1. The lowest BCUT2D eigenvalue weighted by Gasteiger charge is -2.09. The molecule has 1 aliphatic carbocycles. The summed E-state index contributed by atoms with van der Waals surface area (Å²) in [6, 6.07) is 0. The summed E-state index contributed by atoms with van der Waals surface area (Å²) in [4.78, 5) is 40.9. The smallest absolute Gasteiger partial charge is 0.337 e. The number of aromatic carboxylic acids is 1. The van der Waals surface area contributed by atoms with E-state index < -0.39 is 17.2 Å². The Balaban J connectivity index is 2.53. The zero-order valence-corrected chi connectivity index (χ0v) is 10.1. The lowest BCUT2D eigenvalue weighted by atomic mass is 10.0. The van der Waals surface area contributed by atoms with Gasteiger partial charge in [0.2, 0.25) is 0 Å². The van der Waals surface area contributed by atoms with Crippen molar-refractivity contribution in [1.82, 2.24) is 14.5 Å². The van der Waals surface area contributed by atoms with Gasteiger partial charge in [0.05, 0.1) is 10.9 Å². The SMILES string of the molecule is Cn1c(=O)[nH]c(=O)c2c(C3CC3)c(C(=O)O)cnc21. The van der Waals surface area contributed by atoms with Crippen LogP contribution in [0.4, 0.5) is 0 Å². The van der Waals surface area contributed by atoms with E-state index in [2.05, 4.69) is 9.97 Å². The molecule has 98 valence electrons. The number of rotatable bonds is 2. The fraction of sp³-hybridized carbons (Fsp3) is 0.333. The number of nitrogens with zero attached hydrogens (tertiary/aromatic N) is 2. The van der Waals surface area contributed by atoms with Crippen molar-refractivity contribution in [1.29, 1.82) is 0 Å². The van der Waals surface area contributed by atoms with Gasteiger partial charge in [-0.1, -0.05) is 0 Å². The van der Waals surface area contributed by atoms with Crippen molar-refractivity contribution < 1.29 is 9.90 Å². The van der Waals surface area contributed by atoms with E-state index in [1.807, 2.05) is 0 Å². The molecule has 1 aliphatic rings. The van der Waals surface area contributed by atoms with Crippen molar-refractivity contribution in [2.45, 2.75) is 18.8 Å². The molecular formula is C12H11N3O4. The quantitative estimate of drug-likeness (QED) is 0.803. The van der Waals surface area contributed by atoms with Crippen LogP contribution in [0, 0.1) is 0 Å². The third kappa shape index (κ3) is 1.66. The van der Waals surface area contributed by atoms with Crippen molar-refractivity contribution in [3.8, 4) is 0 Å². The highest BCUT2D eigenvalue weighted by atomic mass is 16.4. The molecule has 7 heteroatoms. The van der Waals surface area contributed by atoms with E-state index in [-0.39, 0.29) is 22.5 Å². The lowest BCUT2D eigenvalue weighted by molar-refractivity contribution is 0.0695. The van der Waals surface area contributed by atoms with Gasteiger partial charge in [-0.25, -0.2) is 14.6 Å². The van der Waals surface area contributed by atoms with Gasteiger partial charge in [-0.3, -0.25) is 14.3 Å². The maximum Gasteiger partial charge on any atom is 0.337 e. The highest BCUT2D eigenvalue weighted by molar-refractivity contribution is 5.95. The Hall–Kier alpha value is -2.44. The van der Waals surface area contributed by atoms with Crippen molar-refractivity contribution >= 4 is 17.0 Å². The standard InChI is InChI=1S/C12H11N3O4/c1-15-9-8(10(16)14-12(15)19)7(5-2-3-5)6(4-13-9)11(17)18/h4-5H,2-3H2,1H3,(H,17,18)(H,14,16,19). The first kappa shape index (κ1) is 11.6. The Kier molecular flexibility index (Phi) is 2.31. The first-order chi connectivity index (χ1) is 9.00. The van der Waals surface area contributed by atoms with Gasteiger partial charge in [-0.15, -0.1) is 0 Å². The molecule has 2 N–H and O–H groups in total. The van der Waals surface area contributed by atoms with Gasteiger partial charge in [0.15, 0.2) is 0 Å². The number of nitrogens with one attached hydrogen (secondary N) is 1. The van der Waals surface area contributed by atoms with Crippen molar-refractivity contribution in [3.05, 3.63) is 38.2 Å². The predicted octanol–water partition coefficient (Wildman–Crippen LogP) is 0.197. The number of aromatic amines is 1. The minimum absolute atomic E-state index is 0.0409. The highest BCUT2D eigenvalue weighted by Crippen LogP contribution is 2.43. The van der Waals surface area contributed by atoms with Gasteiger partial charge < -0.3 is 5.11 Å². The Bertz CT molecular complexity index is 814. The molecule has 2 aromatic heterocycles. The van der Waals surface area contributed by atoms with E-state index in [9.17, 15) is 19.5 Å². The zero-order valence-electron chi connectivity index (χ0n) is 10.1. The van der Waals surface area contributed by atoms with Crippen LogP contribution < -0.4 is 11.2 Å². The lowest BCUT2D eigenvalue weighted by Crippen LogP contribution is -2.30. The minimum Gasteiger partial charge on any atom is -0.478 e. The van der Waals surface area contributed by atoms with E-state index in [0.717, 1.165) is 12.8 Å². The summed E-state index contributed by atoms with van der Waals surface area (Å²) in [6.45, 7) is 0. The van der Waals surface area contributed by atoms with Crippen LogP contribution in [0.25, 0.3) is 11.0 Å². The van der Waals surface area contributed by atoms with Crippen molar-refractivity contribution in [2.75, 3.05) is 0 Å². The van der Waals surface area contributed by atoms with Crippen molar-refractivity contribution in [2.24, 2.45) is 7.05 Å². The molecule has 0 unspecified atom stereocenters. The van der Waals surface area contributed by atoms with E-state index in [4.69, 9.17) is 0 Å². The summed E-state index contributed by atoms with van der Waals surface area (Å²) >= 11 is 0. The van der Waals surface area contributed by atoms with Gasteiger partial charge in [-0.2, -0.15) is 0 Å². The average molecular weight is 261 g/mol. The summed E-state index contributed by atoms with van der Waals surface area (Å²) in [7, 11) is 1.49. The van der Waals surface area contributed by atoms with Gasteiger partial charge in [0, 0.05) is 13.2 Å². The van der Waals surface area contributed by atoms with Gasteiger partial charge in [0.25, 0.3) is 5.56 Å². The first-order valence-electron chi connectivity index (χ1n) is 5.86. The molecule has 0 atom stereocenters. The Morgan fingerprint density at radius 1 is 1.47 bits per heavy atom. The van der Waals surface area contributed by atoms with Crippen LogP contribution in [0.2, 0.25) is 0 Å². The fourth-order valence-electron chi connectivity index (χ4n) is 2.30. The second-order valence-corrected chi connectivity index (χ2v) is 4.68. The number of aryl methyl sites for hydroxylation is 1. The fourth-order valence-corrected chi connectivity index (χ4v) is 2.30. The number of H-pyrrole nitrogens is 1. The number of hydrogen-bond acceptors (Lipinski definition) is 4. The minimum atomic E-state index is -1.11. The molecule has 0 radical (unpaired) electrons. The van der Waals surface area contributed by atoms with Gasteiger partial charge >= 0.3 is 11.7 Å². The largest absolute Gasteiger partial charge is 0.478 e. The van der Waals surface area contributed by atoms with E-state index in [1.54, 1.807) is 0 Å². The molecule has 0 aliphatic heterocycles. The summed E-state index contributed by atoms with van der Waals surface area (Å²) < 4.78 is 1.22. The number of carboxylic acids is 1. The maximum absolute atomic E-state index is 12.0. The van der Waals surface area contributed by atoms with Crippen LogP contribution in [0.5, 0.6) is 0 Å². The molecule has 0 bridgehead atoms. The van der Waals surface area contributed by atoms with Gasteiger partial charge in [0.1, 0.15) is 5.65 Å². The Labute approximate surface area is 106 Å². The zero-order chi connectivity index (χ0) is 13.7. The van der Waals surface area contributed by atoms with E-state index >= 15 is 0 Å². The molecule has 19 heavy (non-hydrogen) atoms. The molecule has 0 saturated heterocycles. The van der Waals surface area contributed by atoms with Crippen LogP contribution in [0.1, 0.15) is 34.7 Å². The van der Waals surface area contributed by atoms with Crippen LogP contribution in [0.15, 0.2) is 15.8 Å². The molecular weight excluding hydrogens is 250 g/mol. The third-order valence-electron chi connectivity index (χ3n) is 3.38.